The first kappa shape index (κ1) is 18.2. The number of carbonyl (C=O) groups is 1. The minimum Gasteiger partial charge on any atom is -0.459 e. The van der Waals surface area contributed by atoms with Crippen LogP contribution >= 0.6 is 0 Å². The molecule has 1 aromatic carbocycles. The SMILES string of the molecule is Cc1cc2cccc(Nc3nc(N[C@@H]4CCCC[C@@H]4N)nnc3C(N)=O)c2o1. The number of nitrogens with one attached hydrogen (secondary N) is 2. The number of fused-ring (bicyclic) bond motifs is 1. The summed E-state index contributed by atoms with van der Waals surface area (Å²) in [5.41, 5.74) is 12.9. The summed E-state index contributed by atoms with van der Waals surface area (Å²) in [5.74, 6) is 0.591. The van der Waals surface area contributed by atoms with Crippen molar-refractivity contribution < 1.29 is 9.21 Å². The molecule has 9 heteroatoms. The molecule has 0 radical (unpaired) electrons. The molecule has 9 nitrogen and oxygen atoms in total. The Bertz CT molecular complexity index is 1020. The van der Waals surface area contributed by atoms with Crippen molar-refractivity contribution in [1.82, 2.24) is 15.2 Å². The largest absolute Gasteiger partial charge is 0.459 e. The number of aromatic nitrogens is 3. The molecule has 1 fully saturated rings. The van der Waals surface area contributed by atoms with Gasteiger partial charge in [0.05, 0.1) is 5.69 Å². The first-order chi connectivity index (χ1) is 13.5. The zero-order valence-electron chi connectivity index (χ0n) is 15.6. The molecule has 0 spiro atoms. The summed E-state index contributed by atoms with van der Waals surface area (Å²) in [5, 5.41) is 15.3. The molecular formula is C19H23N7O2. The van der Waals surface area contributed by atoms with Crippen LogP contribution < -0.4 is 22.1 Å². The van der Waals surface area contributed by atoms with Gasteiger partial charge in [-0.2, -0.15) is 4.98 Å². The van der Waals surface area contributed by atoms with Crippen LogP contribution in [0.4, 0.5) is 17.5 Å². The van der Waals surface area contributed by atoms with Crippen molar-refractivity contribution >= 4 is 34.3 Å². The summed E-state index contributed by atoms with van der Waals surface area (Å²) in [6.07, 6.45) is 4.12. The van der Waals surface area contributed by atoms with Crippen molar-refractivity contribution in [3.8, 4) is 0 Å². The molecule has 146 valence electrons. The molecule has 3 aromatic rings. The number of nitrogens with zero attached hydrogens (tertiary/aromatic N) is 3. The molecule has 1 aliphatic carbocycles. The Morgan fingerprint density at radius 2 is 2.07 bits per heavy atom. The number of primary amides is 1. The predicted molar refractivity (Wildman–Crippen MR) is 106 cm³/mol. The van der Waals surface area contributed by atoms with Crippen LogP contribution in [0.1, 0.15) is 41.9 Å². The molecule has 1 amide bonds. The second-order valence-electron chi connectivity index (χ2n) is 7.10. The summed E-state index contributed by atoms with van der Waals surface area (Å²) >= 11 is 0. The summed E-state index contributed by atoms with van der Waals surface area (Å²) in [7, 11) is 0. The van der Waals surface area contributed by atoms with Gasteiger partial charge < -0.3 is 26.5 Å². The van der Waals surface area contributed by atoms with Gasteiger partial charge in [-0.25, -0.2) is 0 Å². The molecule has 0 bridgehead atoms. The van der Waals surface area contributed by atoms with Crippen molar-refractivity contribution in [3.05, 3.63) is 35.7 Å². The Morgan fingerprint density at radius 1 is 1.25 bits per heavy atom. The maximum atomic E-state index is 11.8. The van der Waals surface area contributed by atoms with Gasteiger partial charge in [-0.1, -0.05) is 25.0 Å². The standard InChI is InChI=1S/C19H23N7O2/c1-10-9-11-5-4-8-14(16(11)28-10)22-18-15(17(21)27)25-26-19(24-18)23-13-7-3-2-6-12(13)20/h4-5,8-9,12-13H,2-3,6-7,20H2,1H3,(H2,21,27)(H2,22,23,24,26)/t12-,13+/m0/s1. The molecule has 4 rings (SSSR count). The number of hydrogen-bond donors (Lipinski definition) is 4. The highest BCUT2D eigenvalue weighted by atomic mass is 16.3. The van der Waals surface area contributed by atoms with E-state index < -0.39 is 5.91 Å². The summed E-state index contributed by atoms with van der Waals surface area (Å²) in [6.45, 7) is 1.88. The minimum atomic E-state index is -0.716. The van der Waals surface area contributed by atoms with Crippen LogP contribution in [-0.2, 0) is 0 Å². The van der Waals surface area contributed by atoms with Gasteiger partial charge >= 0.3 is 0 Å². The highest BCUT2D eigenvalue weighted by Gasteiger charge is 2.23. The van der Waals surface area contributed by atoms with E-state index in [2.05, 4.69) is 25.8 Å². The smallest absolute Gasteiger partial charge is 0.273 e. The average molecular weight is 381 g/mol. The third-order valence-corrected chi connectivity index (χ3v) is 4.97. The number of furan rings is 1. The highest BCUT2D eigenvalue weighted by Crippen LogP contribution is 2.29. The van der Waals surface area contributed by atoms with Crippen LogP contribution in [0.25, 0.3) is 11.0 Å². The van der Waals surface area contributed by atoms with Gasteiger partial charge in [0.1, 0.15) is 5.76 Å². The zero-order chi connectivity index (χ0) is 19.7. The second kappa shape index (κ2) is 7.43. The first-order valence-electron chi connectivity index (χ1n) is 9.34. The average Bonchev–Trinajstić information content (AvgIpc) is 3.05. The van der Waals surface area contributed by atoms with Crippen LogP contribution in [0, 0.1) is 6.92 Å². The Morgan fingerprint density at radius 3 is 2.86 bits per heavy atom. The number of carbonyl (C=O) groups excluding carboxylic acids is 1. The van der Waals surface area contributed by atoms with Gasteiger partial charge in [-0.05, 0) is 31.9 Å². The molecule has 0 aliphatic heterocycles. The zero-order valence-corrected chi connectivity index (χ0v) is 15.6. The second-order valence-corrected chi connectivity index (χ2v) is 7.10. The van der Waals surface area contributed by atoms with Crippen LogP contribution in [0.5, 0.6) is 0 Å². The Balaban J connectivity index is 1.66. The van der Waals surface area contributed by atoms with E-state index in [-0.39, 0.29) is 23.6 Å². The topological polar surface area (TPSA) is 145 Å². The first-order valence-corrected chi connectivity index (χ1v) is 9.34. The summed E-state index contributed by atoms with van der Waals surface area (Å²) in [6, 6.07) is 7.71. The number of nitrogens with two attached hydrogens (primary N) is 2. The van der Waals surface area contributed by atoms with Crippen LogP contribution in [0.15, 0.2) is 28.7 Å². The Hall–Kier alpha value is -3.20. The van der Waals surface area contributed by atoms with Crippen molar-refractivity contribution in [3.63, 3.8) is 0 Å². The van der Waals surface area contributed by atoms with Crippen molar-refractivity contribution in [2.75, 3.05) is 10.6 Å². The quantitative estimate of drug-likeness (QED) is 0.527. The van der Waals surface area contributed by atoms with E-state index in [0.29, 0.717) is 17.2 Å². The molecule has 2 aromatic heterocycles. The van der Waals surface area contributed by atoms with E-state index in [1.54, 1.807) is 0 Å². The fourth-order valence-corrected chi connectivity index (χ4v) is 3.56. The Kier molecular flexibility index (Phi) is 4.82. The number of rotatable bonds is 5. The van der Waals surface area contributed by atoms with E-state index in [1.807, 2.05) is 31.2 Å². The van der Waals surface area contributed by atoms with Gasteiger partial charge in [-0.15, -0.1) is 10.2 Å². The fourth-order valence-electron chi connectivity index (χ4n) is 3.56. The molecule has 1 saturated carbocycles. The summed E-state index contributed by atoms with van der Waals surface area (Å²) < 4.78 is 5.76. The van der Waals surface area contributed by atoms with Crippen LogP contribution in [-0.4, -0.2) is 33.2 Å². The monoisotopic (exact) mass is 381 g/mol. The molecule has 2 atom stereocenters. The van der Waals surface area contributed by atoms with E-state index in [9.17, 15) is 4.79 Å². The lowest BCUT2D eigenvalue weighted by molar-refractivity contribution is 0.0995. The van der Waals surface area contributed by atoms with Crippen molar-refractivity contribution in [2.45, 2.75) is 44.7 Å². The van der Waals surface area contributed by atoms with Crippen LogP contribution in [0.3, 0.4) is 0 Å². The van der Waals surface area contributed by atoms with E-state index in [0.717, 1.165) is 36.8 Å². The normalized spacial score (nSPS) is 19.5. The lowest BCUT2D eigenvalue weighted by Crippen LogP contribution is -2.43. The number of hydrogen-bond acceptors (Lipinski definition) is 8. The maximum absolute atomic E-state index is 11.8. The molecule has 6 N–H and O–H groups in total. The lowest BCUT2D eigenvalue weighted by atomic mass is 9.91. The van der Waals surface area contributed by atoms with Gasteiger partial charge in [0.15, 0.2) is 17.1 Å². The predicted octanol–water partition coefficient (Wildman–Crippen LogP) is 2.45. The number of aryl methyl sites for hydroxylation is 1. The minimum absolute atomic E-state index is 0.0319. The van der Waals surface area contributed by atoms with Gasteiger partial charge in [0.25, 0.3) is 5.91 Å². The number of amides is 1. The molecular weight excluding hydrogens is 358 g/mol. The van der Waals surface area contributed by atoms with Crippen LogP contribution in [0.2, 0.25) is 0 Å². The number of anilines is 3. The van der Waals surface area contributed by atoms with E-state index >= 15 is 0 Å². The third kappa shape index (κ3) is 3.61. The van der Waals surface area contributed by atoms with Crippen molar-refractivity contribution in [2.24, 2.45) is 11.5 Å². The molecule has 28 heavy (non-hydrogen) atoms. The Labute approximate surface area is 161 Å². The van der Waals surface area contributed by atoms with Gasteiger partial charge in [-0.3, -0.25) is 4.79 Å². The molecule has 2 heterocycles. The van der Waals surface area contributed by atoms with Gasteiger partial charge in [0, 0.05) is 17.5 Å². The van der Waals surface area contributed by atoms with E-state index in [4.69, 9.17) is 15.9 Å². The highest BCUT2D eigenvalue weighted by molar-refractivity contribution is 5.98. The summed E-state index contributed by atoms with van der Waals surface area (Å²) in [4.78, 5) is 16.2. The lowest BCUT2D eigenvalue weighted by Gasteiger charge is -2.29. The van der Waals surface area contributed by atoms with E-state index in [1.165, 1.54) is 0 Å². The fraction of sp³-hybridized carbons (Fsp3) is 0.368. The van der Waals surface area contributed by atoms with Gasteiger partial charge in [0.2, 0.25) is 5.95 Å². The number of benzene rings is 1. The van der Waals surface area contributed by atoms with Crippen molar-refractivity contribution in [1.29, 1.82) is 0 Å². The number of para-hydroxylation sites is 1. The molecule has 0 unspecified atom stereocenters. The molecule has 1 aliphatic rings. The third-order valence-electron chi connectivity index (χ3n) is 4.97. The molecule has 0 saturated heterocycles. The maximum Gasteiger partial charge on any atom is 0.273 e.